The van der Waals surface area contributed by atoms with Gasteiger partial charge in [-0.25, -0.2) is 10.8 Å². The summed E-state index contributed by atoms with van der Waals surface area (Å²) in [5.74, 6) is 5.52. The van der Waals surface area contributed by atoms with E-state index in [1.54, 1.807) is 23.0 Å². The number of nitrogens with two attached hydrogens (primary N) is 1. The fraction of sp³-hybridized carbons (Fsp3) is 0.182. The molecule has 0 aromatic carbocycles. The zero-order valence-electron chi connectivity index (χ0n) is 9.92. The number of hydrogen-bond donors (Lipinski definition) is 3. The quantitative estimate of drug-likeness (QED) is 0.522. The van der Waals surface area contributed by atoms with Gasteiger partial charge in [0.1, 0.15) is 5.82 Å². The van der Waals surface area contributed by atoms with Crippen molar-refractivity contribution >= 4 is 11.7 Å². The number of aryl methyl sites for hydroxylation is 1. The molecule has 2 rings (SSSR count). The lowest BCUT2D eigenvalue weighted by atomic mass is 10.2. The monoisotopic (exact) mass is 246 g/mol. The molecule has 7 nitrogen and oxygen atoms in total. The van der Waals surface area contributed by atoms with Gasteiger partial charge in [-0.05, 0) is 18.2 Å². The van der Waals surface area contributed by atoms with Gasteiger partial charge in [-0.2, -0.15) is 5.10 Å². The molecule has 0 atom stereocenters. The number of nitrogens with zero attached hydrogens (tertiary/aromatic N) is 3. The summed E-state index contributed by atoms with van der Waals surface area (Å²) in [4.78, 5) is 15.8. The van der Waals surface area contributed by atoms with Crippen LogP contribution in [0.25, 0.3) is 0 Å². The van der Waals surface area contributed by atoms with Gasteiger partial charge in [0.25, 0.3) is 5.91 Å². The molecule has 2 heterocycles. The van der Waals surface area contributed by atoms with Crippen molar-refractivity contribution < 1.29 is 4.79 Å². The standard InChI is InChI=1S/C11H14N6O/c1-17-9(4-5-15-17)7-14-11(18)8-2-3-10(16-12)13-6-8/h2-6H,7,12H2,1H3,(H,13,16)(H,14,18). The Morgan fingerprint density at radius 2 is 2.28 bits per heavy atom. The third kappa shape index (κ3) is 2.64. The van der Waals surface area contributed by atoms with E-state index in [9.17, 15) is 4.79 Å². The van der Waals surface area contributed by atoms with Gasteiger partial charge in [-0.1, -0.05) is 0 Å². The number of nitrogen functional groups attached to an aromatic ring is 1. The molecule has 0 saturated carbocycles. The van der Waals surface area contributed by atoms with Gasteiger partial charge < -0.3 is 10.7 Å². The van der Waals surface area contributed by atoms with Gasteiger partial charge in [-0.3, -0.25) is 9.48 Å². The number of aromatic nitrogens is 3. The third-order valence-corrected chi connectivity index (χ3v) is 2.53. The molecule has 2 aromatic heterocycles. The minimum Gasteiger partial charge on any atom is -0.346 e. The summed E-state index contributed by atoms with van der Waals surface area (Å²) < 4.78 is 1.71. The van der Waals surface area contributed by atoms with Crippen LogP contribution in [-0.2, 0) is 13.6 Å². The Morgan fingerprint density at radius 3 is 2.83 bits per heavy atom. The van der Waals surface area contributed by atoms with Gasteiger partial charge in [0, 0.05) is 19.4 Å². The van der Waals surface area contributed by atoms with E-state index in [1.165, 1.54) is 6.20 Å². The smallest absolute Gasteiger partial charge is 0.253 e. The van der Waals surface area contributed by atoms with Crippen LogP contribution in [-0.4, -0.2) is 20.7 Å². The molecule has 0 spiro atoms. The molecule has 0 unspecified atom stereocenters. The molecule has 0 bridgehead atoms. The average Bonchev–Trinajstić information content (AvgIpc) is 2.81. The van der Waals surface area contributed by atoms with E-state index in [0.717, 1.165) is 5.69 Å². The average molecular weight is 246 g/mol. The van der Waals surface area contributed by atoms with Crippen LogP contribution < -0.4 is 16.6 Å². The molecule has 4 N–H and O–H groups in total. The zero-order valence-corrected chi connectivity index (χ0v) is 9.92. The van der Waals surface area contributed by atoms with Crippen molar-refractivity contribution in [3.63, 3.8) is 0 Å². The van der Waals surface area contributed by atoms with Crippen molar-refractivity contribution in [1.82, 2.24) is 20.1 Å². The van der Waals surface area contributed by atoms with Crippen LogP contribution in [0.2, 0.25) is 0 Å². The molecule has 2 aromatic rings. The summed E-state index contributed by atoms with van der Waals surface area (Å²) in [5, 5.41) is 6.81. The van der Waals surface area contributed by atoms with Crippen molar-refractivity contribution in [2.45, 2.75) is 6.54 Å². The summed E-state index contributed by atoms with van der Waals surface area (Å²) in [5.41, 5.74) is 3.81. The summed E-state index contributed by atoms with van der Waals surface area (Å²) in [6.45, 7) is 0.423. The van der Waals surface area contributed by atoms with E-state index >= 15 is 0 Å². The Kier molecular flexibility index (Phi) is 3.54. The molecule has 7 heteroatoms. The first-order chi connectivity index (χ1) is 8.70. The first kappa shape index (κ1) is 12.1. The fourth-order valence-corrected chi connectivity index (χ4v) is 1.46. The van der Waals surface area contributed by atoms with Gasteiger partial charge in [0.15, 0.2) is 0 Å². The molecule has 0 aliphatic carbocycles. The van der Waals surface area contributed by atoms with Crippen LogP contribution in [0.5, 0.6) is 0 Å². The van der Waals surface area contributed by atoms with E-state index in [-0.39, 0.29) is 5.91 Å². The predicted molar refractivity (Wildman–Crippen MR) is 66.4 cm³/mol. The minimum absolute atomic E-state index is 0.188. The molecule has 0 radical (unpaired) electrons. The molecule has 0 saturated heterocycles. The predicted octanol–water partition coefficient (Wildman–Crippen LogP) is 0.0307. The Balaban J connectivity index is 1.97. The number of pyridine rings is 1. The van der Waals surface area contributed by atoms with Crippen molar-refractivity contribution in [1.29, 1.82) is 0 Å². The van der Waals surface area contributed by atoms with E-state index in [2.05, 4.69) is 20.8 Å². The van der Waals surface area contributed by atoms with Crippen LogP contribution >= 0.6 is 0 Å². The number of amides is 1. The van der Waals surface area contributed by atoms with Crippen molar-refractivity contribution in [2.24, 2.45) is 12.9 Å². The van der Waals surface area contributed by atoms with E-state index in [0.29, 0.717) is 17.9 Å². The Hall–Kier alpha value is -2.41. The number of carbonyl (C=O) groups excluding carboxylic acids is 1. The van der Waals surface area contributed by atoms with Crippen LogP contribution in [0.3, 0.4) is 0 Å². The lowest BCUT2D eigenvalue weighted by Crippen LogP contribution is -2.24. The molecule has 0 fully saturated rings. The maximum absolute atomic E-state index is 11.8. The summed E-state index contributed by atoms with van der Waals surface area (Å²) in [6.07, 6.45) is 3.15. The normalized spacial score (nSPS) is 10.1. The molecule has 0 aliphatic heterocycles. The Bertz CT molecular complexity index is 533. The van der Waals surface area contributed by atoms with Crippen molar-refractivity contribution in [2.75, 3.05) is 5.43 Å². The Morgan fingerprint density at radius 1 is 1.44 bits per heavy atom. The highest BCUT2D eigenvalue weighted by molar-refractivity contribution is 5.93. The van der Waals surface area contributed by atoms with Gasteiger partial charge in [0.05, 0.1) is 17.8 Å². The second kappa shape index (κ2) is 5.28. The summed E-state index contributed by atoms with van der Waals surface area (Å²) >= 11 is 0. The van der Waals surface area contributed by atoms with Crippen LogP contribution in [0.4, 0.5) is 5.82 Å². The lowest BCUT2D eigenvalue weighted by Gasteiger charge is -2.06. The number of rotatable bonds is 4. The van der Waals surface area contributed by atoms with Crippen LogP contribution in [0.1, 0.15) is 16.1 Å². The molecule has 94 valence electrons. The molecular weight excluding hydrogens is 232 g/mol. The van der Waals surface area contributed by atoms with Crippen LogP contribution in [0.15, 0.2) is 30.6 Å². The summed E-state index contributed by atoms with van der Waals surface area (Å²) in [7, 11) is 1.82. The van der Waals surface area contributed by atoms with Gasteiger partial charge in [0.2, 0.25) is 0 Å². The third-order valence-electron chi connectivity index (χ3n) is 2.53. The highest BCUT2D eigenvalue weighted by Crippen LogP contribution is 2.04. The van der Waals surface area contributed by atoms with E-state index in [4.69, 9.17) is 5.84 Å². The lowest BCUT2D eigenvalue weighted by molar-refractivity contribution is 0.0949. The minimum atomic E-state index is -0.188. The molecule has 0 aliphatic rings. The highest BCUT2D eigenvalue weighted by Gasteiger charge is 2.06. The SMILES string of the molecule is Cn1nccc1CNC(=O)c1ccc(NN)nc1. The first-order valence-corrected chi connectivity index (χ1v) is 5.38. The number of carbonyl (C=O) groups is 1. The second-order valence-electron chi connectivity index (χ2n) is 3.71. The first-order valence-electron chi connectivity index (χ1n) is 5.38. The molecule has 18 heavy (non-hydrogen) atoms. The molecular formula is C11H14N6O. The zero-order chi connectivity index (χ0) is 13.0. The van der Waals surface area contributed by atoms with E-state index in [1.807, 2.05) is 13.1 Å². The van der Waals surface area contributed by atoms with E-state index < -0.39 is 0 Å². The highest BCUT2D eigenvalue weighted by atomic mass is 16.1. The topological polar surface area (TPSA) is 97.9 Å². The number of hydrazine groups is 1. The summed E-state index contributed by atoms with van der Waals surface area (Å²) in [6, 6.07) is 5.14. The second-order valence-corrected chi connectivity index (χ2v) is 3.71. The maximum atomic E-state index is 11.8. The number of hydrogen-bond acceptors (Lipinski definition) is 5. The largest absolute Gasteiger partial charge is 0.346 e. The number of anilines is 1. The van der Waals surface area contributed by atoms with Crippen molar-refractivity contribution in [3.05, 3.63) is 41.9 Å². The van der Waals surface area contributed by atoms with Gasteiger partial charge in [-0.15, -0.1) is 0 Å². The maximum Gasteiger partial charge on any atom is 0.253 e. The molecule has 1 amide bonds. The van der Waals surface area contributed by atoms with Crippen LogP contribution in [0, 0.1) is 0 Å². The van der Waals surface area contributed by atoms with Crippen molar-refractivity contribution in [3.8, 4) is 0 Å². The number of nitrogens with one attached hydrogen (secondary N) is 2. The fourth-order valence-electron chi connectivity index (χ4n) is 1.46. The van der Waals surface area contributed by atoms with Gasteiger partial charge >= 0.3 is 0 Å². The Labute approximate surface area is 104 Å².